The van der Waals surface area contributed by atoms with Crippen molar-refractivity contribution in [3.8, 4) is 5.75 Å². The van der Waals surface area contributed by atoms with E-state index < -0.39 is 17.0 Å². The fourth-order valence-electron chi connectivity index (χ4n) is 1.96. The lowest BCUT2D eigenvalue weighted by Crippen LogP contribution is -2.02. The molecule has 21 heavy (non-hydrogen) atoms. The standard InChI is InChI=1S/C15H11Cl3F2O/c1-21-15-7-11(17)8(5-12(15)18)10(16)6-9-13(19)3-2-4-14(9)20/h2-5,7,10H,6H2,1H3. The molecule has 1 atom stereocenters. The fraction of sp³-hybridized carbons (Fsp3) is 0.200. The van der Waals surface area contributed by atoms with Crippen LogP contribution in [0.3, 0.4) is 0 Å². The summed E-state index contributed by atoms with van der Waals surface area (Å²) in [6.07, 6.45) is -0.0392. The van der Waals surface area contributed by atoms with Gasteiger partial charge in [-0.25, -0.2) is 8.78 Å². The highest BCUT2D eigenvalue weighted by molar-refractivity contribution is 6.35. The van der Waals surface area contributed by atoms with E-state index >= 15 is 0 Å². The zero-order chi connectivity index (χ0) is 15.6. The van der Waals surface area contributed by atoms with E-state index in [9.17, 15) is 8.78 Å². The summed E-state index contributed by atoms with van der Waals surface area (Å²) in [7, 11) is 1.46. The van der Waals surface area contributed by atoms with Crippen molar-refractivity contribution in [1.82, 2.24) is 0 Å². The third kappa shape index (κ3) is 3.60. The Morgan fingerprint density at radius 3 is 2.29 bits per heavy atom. The molecule has 0 aliphatic carbocycles. The minimum atomic E-state index is -0.715. The largest absolute Gasteiger partial charge is 0.495 e. The summed E-state index contributed by atoms with van der Waals surface area (Å²) in [6, 6.07) is 6.73. The van der Waals surface area contributed by atoms with Gasteiger partial charge in [0.1, 0.15) is 17.4 Å². The van der Waals surface area contributed by atoms with Gasteiger partial charge in [0, 0.05) is 16.7 Å². The molecule has 1 nitrogen and oxygen atoms in total. The second kappa shape index (κ2) is 6.82. The molecular weight excluding hydrogens is 341 g/mol. The maximum Gasteiger partial charge on any atom is 0.138 e. The van der Waals surface area contributed by atoms with E-state index in [-0.39, 0.29) is 12.0 Å². The van der Waals surface area contributed by atoms with Crippen LogP contribution >= 0.6 is 34.8 Å². The average Bonchev–Trinajstić information content (AvgIpc) is 2.44. The molecule has 0 amide bonds. The molecule has 0 aromatic heterocycles. The highest BCUT2D eigenvalue weighted by Crippen LogP contribution is 2.38. The van der Waals surface area contributed by atoms with E-state index in [0.29, 0.717) is 21.4 Å². The van der Waals surface area contributed by atoms with E-state index in [1.54, 1.807) is 6.07 Å². The van der Waals surface area contributed by atoms with E-state index in [2.05, 4.69) is 0 Å². The van der Waals surface area contributed by atoms with E-state index in [4.69, 9.17) is 39.5 Å². The highest BCUT2D eigenvalue weighted by atomic mass is 35.5. The van der Waals surface area contributed by atoms with Gasteiger partial charge in [0.25, 0.3) is 0 Å². The van der Waals surface area contributed by atoms with Crippen LogP contribution < -0.4 is 4.74 Å². The molecule has 2 aromatic rings. The summed E-state index contributed by atoms with van der Waals surface area (Å²) in [6.45, 7) is 0. The van der Waals surface area contributed by atoms with Gasteiger partial charge in [-0.2, -0.15) is 0 Å². The minimum Gasteiger partial charge on any atom is -0.495 e. The molecule has 2 aromatic carbocycles. The monoisotopic (exact) mass is 350 g/mol. The van der Waals surface area contributed by atoms with Crippen molar-refractivity contribution in [3.63, 3.8) is 0 Å². The second-order valence-electron chi connectivity index (χ2n) is 4.38. The average molecular weight is 352 g/mol. The summed E-state index contributed by atoms with van der Waals surface area (Å²) in [5, 5.41) is -0.0585. The van der Waals surface area contributed by atoms with Crippen LogP contribution in [-0.2, 0) is 6.42 Å². The van der Waals surface area contributed by atoms with Crippen LogP contribution in [0.4, 0.5) is 8.78 Å². The molecule has 0 aliphatic rings. The predicted octanol–water partition coefficient (Wildman–Crippen LogP) is 5.80. The molecule has 2 rings (SSSR count). The molecule has 0 fully saturated rings. The summed E-state index contributed by atoms with van der Waals surface area (Å²) in [4.78, 5) is 0. The summed E-state index contributed by atoms with van der Waals surface area (Å²) < 4.78 is 32.3. The topological polar surface area (TPSA) is 9.23 Å². The van der Waals surface area contributed by atoms with Crippen molar-refractivity contribution < 1.29 is 13.5 Å². The Bertz CT molecular complexity index is 641. The molecule has 0 N–H and O–H groups in total. The number of hydrogen-bond donors (Lipinski definition) is 0. The lowest BCUT2D eigenvalue weighted by Gasteiger charge is -2.15. The molecular formula is C15H11Cl3F2O. The Labute approximate surface area is 136 Å². The van der Waals surface area contributed by atoms with E-state index in [0.717, 1.165) is 0 Å². The minimum absolute atomic E-state index is 0.0392. The molecule has 0 spiro atoms. The first-order valence-corrected chi connectivity index (χ1v) is 7.23. The van der Waals surface area contributed by atoms with Gasteiger partial charge in [-0.1, -0.05) is 29.3 Å². The number of rotatable bonds is 4. The van der Waals surface area contributed by atoms with Crippen LogP contribution in [0.25, 0.3) is 0 Å². The van der Waals surface area contributed by atoms with Crippen molar-refractivity contribution >= 4 is 34.8 Å². The third-order valence-corrected chi connectivity index (χ3v) is 4.07. The summed E-state index contributed by atoms with van der Waals surface area (Å²) in [5.74, 6) is -0.876. The van der Waals surface area contributed by atoms with Gasteiger partial charge in [0.15, 0.2) is 0 Å². The summed E-state index contributed by atoms with van der Waals surface area (Å²) in [5.41, 5.74) is 0.410. The Morgan fingerprint density at radius 2 is 1.71 bits per heavy atom. The van der Waals surface area contributed by atoms with Crippen molar-refractivity contribution in [1.29, 1.82) is 0 Å². The molecule has 1 unspecified atom stereocenters. The highest BCUT2D eigenvalue weighted by Gasteiger charge is 2.19. The van der Waals surface area contributed by atoms with Crippen LogP contribution in [0, 0.1) is 11.6 Å². The number of alkyl halides is 1. The number of ether oxygens (including phenoxy) is 1. The van der Waals surface area contributed by atoms with Crippen LogP contribution in [0.2, 0.25) is 10.0 Å². The molecule has 0 bridgehead atoms. The van der Waals surface area contributed by atoms with Gasteiger partial charge >= 0.3 is 0 Å². The Hall–Kier alpha value is -1.03. The second-order valence-corrected chi connectivity index (χ2v) is 5.72. The van der Waals surface area contributed by atoms with Gasteiger partial charge in [-0.3, -0.25) is 0 Å². The molecule has 0 heterocycles. The molecule has 0 radical (unpaired) electrons. The predicted molar refractivity (Wildman–Crippen MR) is 81.7 cm³/mol. The number of hydrogen-bond acceptors (Lipinski definition) is 1. The van der Waals surface area contributed by atoms with Gasteiger partial charge in [-0.15, -0.1) is 11.6 Å². The van der Waals surface area contributed by atoms with Gasteiger partial charge < -0.3 is 4.74 Å². The molecule has 6 heteroatoms. The smallest absolute Gasteiger partial charge is 0.138 e. The molecule has 0 saturated heterocycles. The van der Waals surface area contributed by atoms with Crippen LogP contribution in [0.1, 0.15) is 16.5 Å². The Morgan fingerprint density at radius 1 is 1.10 bits per heavy atom. The maximum atomic E-state index is 13.6. The van der Waals surface area contributed by atoms with Gasteiger partial charge in [0.05, 0.1) is 17.5 Å². The lowest BCUT2D eigenvalue weighted by molar-refractivity contribution is 0.415. The van der Waals surface area contributed by atoms with Crippen LogP contribution in [-0.4, -0.2) is 7.11 Å². The zero-order valence-corrected chi connectivity index (χ0v) is 13.2. The number of halogens is 5. The normalized spacial score (nSPS) is 12.3. The third-order valence-electron chi connectivity index (χ3n) is 3.05. The number of methoxy groups -OCH3 is 1. The Balaban J connectivity index is 2.33. The quantitative estimate of drug-likeness (QED) is 0.632. The van der Waals surface area contributed by atoms with Crippen molar-refractivity contribution in [2.24, 2.45) is 0 Å². The first-order chi connectivity index (χ1) is 9.93. The maximum absolute atomic E-state index is 13.6. The SMILES string of the molecule is COc1cc(Cl)c(C(Cl)Cc2c(F)cccc2F)cc1Cl. The van der Waals surface area contributed by atoms with Crippen molar-refractivity contribution in [2.45, 2.75) is 11.8 Å². The molecule has 112 valence electrons. The first kappa shape index (κ1) is 16.3. The number of benzene rings is 2. The molecule has 0 aliphatic heterocycles. The van der Waals surface area contributed by atoms with Crippen LogP contribution in [0.15, 0.2) is 30.3 Å². The Kier molecular flexibility index (Phi) is 5.31. The zero-order valence-electron chi connectivity index (χ0n) is 11.0. The summed E-state index contributed by atoms with van der Waals surface area (Å²) >= 11 is 18.4. The molecule has 0 saturated carbocycles. The van der Waals surface area contributed by atoms with Crippen molar-refractivity contribution in [2.75, 3.05) is 7.11 Å². The van der Waals surface area contributed by atoms with Crippen LogP contribution in [0.5, 0.6) is 5.75 Å². The van der Waals surface area contributed by atoms with E-state index in [1.807, 2.05) is 0 Å². The van der Waals surface area contributed by atoms with E-state index in [1.165, 1.54) is 31.4 Å². The van der Waals surface area contributed by atoms with Gasteiger partial charge in [-0.05, 0) is 30.2 Å². The van der Waals surface area contributed by atoms with Crippen molar-refractivity contribution in [3.05, 3.63) is 63.1 Å². The van der Waals surface area contributed by atoms with Gasteiger partial charge in [0.2, 0.25) is 0 Å². The first-order valence-electron chi connectivity index (χ1n) is 6.04. The fourth-order valence-corrected chi connectivity index (χ4v) is 2.88. The lowest BCUT2D eigenvalue weighted by atomic mass is 10.0.